The summed E-state index contributed by atoms with van der Waals surface area (Å²) in [6.07, 6.45) is 6.04. The summed E-state index contributed by atoms with van der Waals surface area (Å²) in [5, 5.41) is 0. The number of rotatable bonds is 7. The number of aromatic nitrogens is 1. The molecule has 0 radical (unpaired) electrons. The third-order valence-corrected chi connectivity index (χ3v) is 6.29. The number of pyridine rings is 1. The molecule has 2 aromatic rings. The van der Waals surface area contributed by atoms with Crippen LogP contribution in [0.1, 0.15) is 45.6 Å². The first-order chi connectivity index (χ1) is 16.8. The minimum atomic E-state index is -0.496. The maximum atomic E-state index is 12.6. The molecule has 2 fully saturated rings. The van der Waals surface area contributed by atoms with Crippen LogP contribution in [0.15, 0.2) is 42.7 Å². The second kappa shape index (κ2) is 11.2. The summed E-state index contributed by atoms with van der Waals surface area (Å²) in [4.78, 5) is 21.1. The fraction of sp³-hybridized carbons (Fsp3) is 0.556. The molecule has 0 saturated carbocycles. The highest BCUT2D eigenvalue weighted by atomic mass is 16.6. The molecule has 190 valence electrons. The van der Waals surface area contributed by atoms with Crippen molar-refractivity contribution in [1.29, 1.82) is 0 Å². The maximum Gasteiger partial charge on any atom is 0.410 e. The Morgan fingerprint density at radius 3 is 2.60 bits per heavy atom. The highest BCUT2D eigenvalue weighted by Gasteiger charge is 2.30. The fourth-order valence-electron chi connectivity index (χ4n) is 4.53. The number of likely N-dealkylation sites (tertiary alicyclic amines) is 1. The molecular weight excluding hydrogens is 446 g/mol. The van der Waals surface area contributed by atoms with Gasteiger partial charge in [0.15, 0.2) is 11.5 Å². The van der Waals surface area contributed by atoms with Crippen molar-refractivity contribution in [1.82, 2.24) is 9.88 Å². The average Bonchev–Trinajstić information content (AvgIpc) is 3.35. The molecule has 1 aromatic heterocycles. The molecule has 2 aliphatic heterocycles. The van der Waals surface area contributed by atoms with Gasteiger partial charge in [-0.15, -0.1) is 0 Å². The number of anilines is 1. The molecule has 8 heteroatoms. The van der Waals surface area contributed by atoms with Gasteiger partial charge in [-0.1, -0.05) is 6.07 Å². The van der Waals surface area contributed by atoms with Crippen molar-refractivity contribution in [3.05, 3.63) is 48.3 Å². The smallest absolute Gasteiger partial charge is 0.410 e. The molecule has 2 saturated heterocycles. The lowest BCUT2D eigenvalue weighted by Gasteiger charge is -2.40. The van der Waals surface area contributed by atoms with Gasteiger partial charge in [0, 0.05) is 56.2 Å². The summed E-state index contributed by atoms with van der Waals surface area (Å²) in [7, 11) is 1.66. The molecule has 35 heavy (non-hydrogen) atoms. The predicted molar refractivity (Wildman–Crippen MR) is 134 cm³/mol. The third kappa shape index (κ3) is 6.78. The van der Waals surface area contributed by atoms with Crippen LogP contribution >= 0.6 is 0 Å². The van der Waals surface area contributed by atoms with Crippen molar-refractivity contribution in [3.63, 3.8) is 0 Å². The van der Waals surface area contributed by atoms with Crippen LogP contribution in [0.5, 0.6) is 11.5 Å². The Kier molecular flexibility index (Phi) is 8.00. The van der Waals surface area contributed by atoms with Crippen molar-refractivity contribution in [2.75, 3.05) is 38.3 Å². The van der Waals surface area contributed by atoms with E-state index in [1.807, 2.05) is 44.0 Å². The zero-order valence-corrected chi connectivity index (χ0v) is 21.2. The molecule has 0 unspecified atom stereocenters. The molecule has 0 bridgehead atoms. The van der Waals surface area contributed by atoms with E-state index in [-0.39, 0.29) is 18.2 Å². The van der Waals surface area contributed by atoms with Crippen LogP contribution in [0.2, 0.25) is 0 Å². The molecule has 1 amide bonds. The Morgan fingerprint density at radius 1 is 1.17 bits per heavy atom. The lowest BCUT2D eigenvalue weighted by atomic mass is 10.0. The minimum Gasteiger partial charge on any atom is -0.493 e. The number of hydrogen-bond donors (Lipinski definition) is 0. The molecule has 1 atom stereocenters. The lowest BCUT2D eigenvalue weighted by Crippen LogP contribution is -2.48. The SMILES string of the molecule is COc1ccc(N(Cc2cccnc2)C2CCN(C(=O)OC(C)(C)C)CC2)cc1O[C@@H]1CCOC1. The van der Waals surface area contributed by atoms with Gasteiger partial charge < -0.3 is 28.7 Å². The van der Waals surface area contributed by atoms with Gasteiger partial charge in [0.25, 0.3) is 0 Å². The molecule has 2 aliphatic rings. The molecule has 0 aliphatic carbocycles. The lowest BCUT2D eigenvalue weighted by molar-refractivity contribution is 0.0204. The Balaban J connectivity index is 1.54. The van der Waals surface area contributed by atoms with Gasteiger partial charge in [-0.2, -0.15) is 0 Å². The second-order valence-electron chi connectivity index (χ2n) is 10.1. The van der Waals surface area contributed by atoms with Gasteiger partial charge in [0.05, 0.1) is 20.3 Å². The number of carbonyl (C=O) groups is 1. The van der Waals surface area contributed by atoms with E-state index in [0.717, 1.165) is 42.9 Å². The zero-order valence-electron chi connectivity index (χ0n) is 21.2. The Bertz CT molecular complexity index is 965. The fourth-order valence-corrected chi connectivity index (χ4v) is 4.53. The Hall–Kier alpha value is -3.00. The van der Waals surface area contributed by atoms with Crippen LogP contribution in [-0.4, -0.2) is 67.1 Å². The Labute approximate surface area is 208 Å². The van der Waals surface area contributed by atoms with E-state index in [4.69, 9.17) is 18.9 Å². The Morgan fingerprint density at radius 2 is 1.97 bits per heavy atom. The summed E-state index contributed by atoms with van der Waals surface area (Å²) in [6.45, 7) is 9.02. The van der Waals surface area contributed by atoms with E-state index in [0.29, 0.717) is 32.0 Å². The monoisotopic (exact) mass is 483 g/mol. The number of ether oxygens (including phenoxy) is 4. The molecule has 3 heterocycles. The topological polar surface area (TPSA) is 73.4 Å². The van der Waals surface area contributed by atoms with Crippen LogP contribution in [-0.2, 0) is 16.0 Å². The average molecular weight is 484 g/mol. The van der Waals surface area contributed by atoms with Crippen LogP contribution in [0.25, 0.3) is 0 Å². The third-order valence-electron chi connectivity index (χ3n) is 6.29. The van der Waals surface area contributed by atoms with Crippen LogP contribution in [0.3, 0.4) is 0 Å². The van der Waals surface area contributed by atoms with E-state index in [1.54, 1.807) is 13.3 Å². The first-order valence-corrected chi connectivity index (χ1v) is 12.4. The van der Waals surface area contributed by atoms with Crippen molar-refractivity contribution < 1.29 is 23.7 Å². The normalized spacial score (nSPS) is 18.9. The van der Waals surface area contributed by atoms with E-state index in [9.17, 15) is 4.79 Å². The highest BCUT2D eigenvalue weighted by molar-refractivity contribution is 5.68. The molecule has 4 rings (SSSR count). The molecule has 1 aromatic carbocycles. The quantitative estimate of drug-likeness (QED) is 0.567. The number of amides is 1. The van der Waals surface area contributed by atoms with E-state index in [1.165, 1.54) is 0 Å². The standard InChI is InChI=1S/C27H37N3O5/c1-27(2,3)35-26(31)29-13-9-21(10-14-29)30(18-20-6-5-12-28-17-20)22-7-8-24(32-4)25(16-22)34-23-11-15-33-19-23/h5-8,12,16-17,21,23H,9-11,13-15,18-19H2,1-4H3/t23-/m1/s1. The van der Waals surface area contributed by atoms with E-state index in [2.05, 4.69) is 28.1 Å². The van der Waals surface area contributed by atoms with Crippen molar-refractivity contribution in [2.45, 2.75) is 64.3 Å². The van der Waals surface area contributed by atoms with Gasteiger partial charge >= 0.3 is 6.09 Å². The largest absolute Gasteiger partial charge is 0.493 e. The van der Waals surface area contributed by atoms with Gasteiger partial charge in [0.1, 0.15) is 11.7 Å². The number of carbonyl (C=O) groups excluding carboxylic acids is 1. The van der Waals surface area contributed by atoms with Crippen molar-refractivity contribution in [2.24, 2.45) is 0 Å². The van der Waals surface area contributed by atoms with Crippen molar-refractivity contribution >= 4 is 11.8 Å². The number of nitrogens with zero attached hydrogens (tertiary/aromatic N) is 3. The van der Waals surface area contributed by atoms with Gasteiger partial charge in [0.2, 0.25) is 0 Å². The number of methoxy groups -OCH3 is 1. The minimum absolute atomic E-state index is 0.0305. The maximum absolute atomic E-state index is 12.6. The predicted octanol–water partition coefficient (Wildman–Crippen LogP) is 4.66. The first kappa shape index (κ1) is 25.1. The van der Waals surface area contributed by atoms with Gasteiger partial charge in [-0.05, 0) is 57.4 Å². The second-order valence-corrected chi connectivity index (χ2v) is 10.1. The number of benzene rings is 1. The number of piperidine rings is 1. The van der Waals surface area contributed by atoms with Gasteiger partial charge in [-0.25, -0.2) is 4.79 Å². The van der Waals surface area contributed by atoms with Crippen LogP contribution in [0.4, 0.5) is 10.5 Å². The van der Waals surface area contributed by atoms with Crippen LogP contribution < -0.4 is 14.4 Å². The molecule has 0 spiro atoms. The van der Waals surface area contributed by atoms with Crippen molar-refractivity contribution in [3.8, 4) is 11.5 Å². The molecule has 8 nitrogen and oxygen atoms in total. The zero-order chi connectivity index (χ0) is 24.8. The van der Waals surface area contributed by atoms with E-state index >= 15 is 0 Å². The summed E-state index contributed by atoms with van der Waals surface area (Å²) in [6, 6.07) is 10.4. The number of hydrogen-bond acceptors (Lipinski definition) is 7. The summed E-state index contributed by atoms with van der Waals surface area (Å²) >= 11 is 0. The van der Waals surface area contributed by atoms with E-state index < -0.39 is 5.60 Å². The summed E-state index contributed by atoms with van der Waals surface area (Å²) in [5.41, 5.74) is 1.69. The highest BCUT2D eigenvalue weighted by Crippen LogP contribution is 2.36. The van der Waals surface area contributed by atoms with Gasteiger partial charge in [-0.3, -0.25) is 4.98 Å². The first-order valence-electron chi connectivity index (χ1n) is 12.4. The summed E-state index contributed by atoms with van der Waals surface area (Å²) in [5.74, 6) is 1.43. The summed E-state index contributed by atoms with van der Waals surface area (Å²) < 4.78 is 22.9. The molecular formula is C27H37N3O5. The molecule has 0 N–H and O–H groups in total. The van der Waals surface area contributed by atoms with Crippen LogP contribution in [0, 0.1) is 0 Å².